The molecule has 0 bridgehead atoms. The molecular weight excluding hydrogens is 677 g/mol. The standard InChI is InChI=1S/C44H28N6O4/c1-47-25-23-31-3-11-37(12-4-31)49(38-13-5-32(6-14-38)24-26-48-2)41-19-21-42(22-20-41)50(39-15-7-33(8-16-39)27-35(29-45)43(51)52)40-17-9-34(10-18-40)28-36(30-46)44(53)54/h3-28H,(H,51,52)(H,53,54). The number of hydrogen-bond acceptors (Lipinski definition) is 6. The molecule has 10 nitrogen and oxygen atoms in total. The molecule has 258 valence electrons. The molecule has 0 atom stereocenters. The highest BCUT2D eigenvalue weighted by Gasteiger charge is 2.17. The number of benzene rings is 5. The molecule has 0 spiro atoms. The van der Waals surface area contributed by atoms with Gasteiger partial charge in [0.15, 0.2) is 12.4 Å². The number of carbonyl (C=O) groups is 2. The Balaban J connectivity index is 1.59. The van der Waals surface area contributed by atoms with Gasteiger partial charge in [-0.3, -0.25) is 0 Å². The summed E-state index contributed by atoms with van der Waals surface area (Å²) in [5.74, 6) is -2.65. The Morgan fingerprint density at radius 2 is 0.722 bits per heavy atom. The van der Waals surface area contributed by atoms with Crippen molar-refractivity contribution in [2.45, 2.75) is 0 Å². The smallest absolute Gasteiger partial charge is 0.346 e. The molecule has 5 aromatic rings. The van der Waals surface area contributed by atoms with Crippen molar-refractivity contribution in [2.75, 3.05) is 9.80 Å². The van der Waals surface area contributed by atoms with Crippen LogP contribution in [0.1, 0.15) is 22.3 Å². The van der Waals surface area contributed by atoms with Crippen LogP contribution in [0, 0.1) is 35.8 Å². The quantitative estimate of drug-likeness (QED) is 0.0744. The Hall–Kier alpha value is -8.44. The minimum atomic E-state index is -1.32. The van der Waals surface area contributed by atoms with E-state index < -0.39 is 23.1 Å². The van der Waals surface area contributed by atoms with E-state index in [9.17, 15) is 30.3 Å². The maximum Gasteiger partial charge on any atom is 0.346 e. The topological polar surface area (TPSA) is 137 Å². The summed E-state index contributed by atoms with van der Waals surface area (Å²) in [7, 11) is 0. The monoisotopic (exact) mass is 704 g/mol. The van der Waals surface area contributed by atoms with Gasteiger partial charge in [-0.1, -0.05) is 60.7 Å². The van der Waals surface area contributed by atoms with Gasteiger partial charge in [-0.2, -0.15) is 10.5 Å². The lowest BCUT2D eigenvalue weighted by Gasteiger charge is -2.28. The van der Waals surface area contributed by atoms with E-state index in [0.29, 0.717) is 22.5 Å². The van der Waals surface area contributed by atoms with Crippen LogP contribution < -0.4 is 9.80 Å². The summed E-state index contributed by atoms with van der Waals surface area (Å²) in [6, 6.07) is 40.8. The number of nitrogens with zero attached hydrogens (tertiary/aromatic N) is 6. The Bertz CT molecular complexity index is 2300. The first kappa shape index (κ1) is 36.8. The van der Waals surface area contributed by atoms with Gasteiger partial charge in [0.05, 0.1) is 13.1 Å². The first-order valence-electron chi connectivity index (χ1n) is 16.1. The number of carboxylic acid groups (broad SMARTS) is 2. The predicted octanol–water partition coefficient (Wildman–Crippen LogP) is 10.4. The minimum Gasteiger partial charge on any atom is -0.477 e. The minimum absolute atomic E-state index is 0.398. The number of nitriles is 2. The fourth-order valence-electron chi connectivity index (χ4n) is 5.42. The summed E-state index contributed by atoms with van der Waals surface area (Å²) in [5, 5.41) is 37.1. The van der Waals surface area contributed by atoms with Crippen molar-refractivity contribution in [1.29, 1.82) is 10.5 Å². The maximum absolute atomic E-state index is 11.4. The van der Waals surface area contributed by atoms with Crippen LogP contribution in [-0.4, -0.2) is 22.2 Å². The molecule has 0 aliphatic rings. The Labute approximate surface area is 311 Å². The first-order chi connectivity index (χ1) is 26.2. The molecule has 10 heteroatoms. The SMILES string of the molecule is [C-]#[N+]C=Cc1ccc(N(c2ccc(C=C[N+]#[C-])cc2)c2ccc(N(c3ccc(C=C(C#N)C(=O)O)cc3)c3ccc(C=C(C#N)C(=O)O)cc3)cc2)cc1. The Kier molecular flexibility index (Phi) is 11.9. The fraction of sp³-hybridized carbons (Fsp3) is 0. The van der Waals surface area contributed by atoms with Gasteiger partial charge in [0.1, 0.15) is 23.3 Å². The molecule has 5 rings (SSSR count). The lowest BCUT2D eigenvalue weighted by Crippen LogP contribution is -2.12. The molecule has 0 heterocycles. The zero-order valence-electron chi connectivity index (χ0n) is 28.4. The summed E-state index contributed by atoms with van der Waals surface area (Å²) in [6.45, 7) is 14.1. The number of hydrogen-bond donors (Lipinski definition) is 2. The normalized spacial score (nSPS) is 11.3. The highest BCUT2D eigenvalue weighted by atomic mass is 16.4. The zero-order chi connectivity index (χ0) is 38.5. The van der Waals surface area contributed by atoms with Crippen LogP contribution in [0.25, 0.3) is 34.0 Å². The summed E-state index contributed by atoms with van der Waals surface area (Å²) >= 11 is 0. The highest BCUT2D eigenvalue weighted by Crippen LogP contribution is 2.39. The fourth-order valence-corrected chi connectivity index (χ4v) is 5.42. The largest absolute Gasteiger partial charge is 0.477 e. The second-order valence-corrected chi connectivity index (χ2v) is 11.4. The number of aliphatic carboxylic acids is 2. The zero-order valence-corrected chi connectivity index (χ0v) is 28.4. The van der Waals surface area contributed by atoms with E-state index in [1.54, 1.807) is 72.8 Å². The van der Waals surface area contributed by atoms with Gasteiger partial charge in [-0.25, -0.2) is 19.3 Å². The van der Waals surface area contributed by atoms with Crippen molar-refractivity contribution in [2.24, 2.45) is 0 Å². The molecule has 0 fully saturated rings. The summed E-state index contributed by atoms with van der Waals surface area (Å²) < 4.78 is 0. The van der Waals surface area contributed by atoms with Crippen LogP contribution >= 0.6 is 0 Å². The first-order valence-corrected chi connectivity index (χ1v) is 16.1. The van der Waals surface area contributed by atoms with E-state index in [-0.39, 0.29) is 0 Å². The van der Waals surface area contributed by atoms with Crippen LogP contribution in [0.15, 0.2) is 145 Å². The van der Waals surface area contributed by atoms with E-state index in [0.717, 1.165) is 33.9 Å². The van der Waals surface area contributed by atoms with Crippen molar-refractivity contribution < 1.29 is 19.8 Å². The molecule has 0 aliphatic carbocycles. The van der Waals surface area contributed by atoms with Gasteiger partial charge < -0.3 is 20.0 Å². The Morgan fingerprint density at radius 1 is 0.481 bits per heavy atom. The van der Waals surface area contributed by atoms with E-state index in [1.807, 2.05) is 77.7 Å². The average molecular weight is 705 g/mol. The number of anilines is 6. The van der Waals surface area contributed by atoms with Crippen molar-refractivity contribution in [3.05, 3.63) is 190 Å². The van der Waals surface area contributed by atoms with E-state index in [4.69, 9.17) is 13.1 Å². The molecular formula is C44H28N6O4. The molecule has 2 N–H and O–H groups in total. The molecule has 0 amide bonds. The summed E-state index contributed by atoms with van der Waals surface area (Å²) in [5.41, 5.74) is 6.76. The summed E-state index contributed by atoms with van der Waals surface area (Å²) in [4.78, 5) is 33.4. The van der Waals surface area contributed by atoms with Gasteiger partial charge in [0.2, 0.25) is 0 Å². The second kappa shape index (κ2) is 17.5. The molecule has 0 radical (unpaired) electrons. The molecule has 5 aromatic carbocycles. The van der Waals surface area contributed by atoms with Crippen LogP contribution in [-0.2, 0) is 9.59 Å². The predicted molar refractivity (Wildman–Crippen MR) is 210 cm³/mol. The third kappa shape index (κ3) is 9.01. The molecule has 0 unspecified atom stereocenters. The third-order valence-corrected chi connectivity index (χ3v) is 7.98. The average Bonchev–Trinajstić information content (AvgIpc) is 3.20. The van der Waals surface area contributed by atoms with Crippen LogP contribution in [0.3, 0.4) is 0 Å². The van der Waals surface area contributed by atoms with Gasteiger partial charge >= 0.3 is 11.9 Å². The van der Waals surface area contributed by atoms with E-state index >= 15 is 0 Å². The summed E-state index contributed by atoms with van der Waals surface area (Å²) in [6.07, 6.45) is 8.85. The van der Waals surface area contributed by atoms with Crippen molar-refractivity contribution >= 4 is 70.4 Å². The maximum atomic E-state index is 11.4. The molecule has 0 aromatic heterocycles. The molecule has 0 saturated carbocycles. The van der Waals surface area contributed by atoms with Gasteiger partial charge in [0, 0.05) is 34.1 Å². The molecule has 54 heavy (non-hydrogen) atoms. The lowest BCUT2D eigenvalue weighted by molar-refractivity contribution is -0.133. The Morgan fingerprint density at radius 3 is 0.944 bits per heavy atom. The van der Waals surface area contributed by atoms with Crippen LogP contribution in [0.2, 0.25) is 0 Å². The molecule has 0 aliphatic heterocycles. The van der Waals surface area contributed by atoms with E-state index in [2.05, 4.69) is 14.6 Å². The molecule has 0 saturated heterocycles. The van der Waals surface area contributed by atoms with Crippen molar-refractivity contribution in [3.8, 4) is 12.1 Å². The van der Waals surface area contributed by atoms with Gasteiger partial charge in [0.25, 0.3) is 0 Å². The second-order valence-electron chi connectivity index (χ2n) is 11.4. The van der Waals surface area contributed by atoms with Crippen LogP contribution in [0.4, 0.5) is 34.1 Å². The third-order valence-electron chi connectivity index (χ3n) is 7.98. The van der Waals surface area contributed by atoms with Crippen LogP contribution in [0.5, 0.6) is 0 Å². The lowest BCUT2D eigenvalue weighted by atomic mass is 10.1. The number of rotatable bonds is 12. The van der Waals surface area contributed by atoms with Gasteiger partial charge in [-0.15, -0.1) is 0 Å². The number of carboxylic acids is 2. The van der Waals surface area contributed by atoms with Crippen molar-refractivity contribution in [1.82, 2.24) is 0 Å². The van der Waals surface area contributed by atoms with Crippen molar-refractivity contribution in [3.63, 3.8) is 0 Å². The van der Waals surface area contributed by atoms with E-state index in [1.165, 1.54) is 24.6 Å². The van der Waals surface area contributed by atoms with Gasteiger partial charge in [-0.05, 0) is 107 Å². The highest BCUT2D eigenvalue weighted by molar-refractivity contribution is 5.97.